The van der Waals surface area contributed by atoms with Crippen molar-refractivity contribution in [2.45, 2.75) is 13.3 Å². The third-order valence-corrected chi connectivity index (χ3v) is 7.22. The average Bonchev–Trinajstić information content (AvgIpc) is 3.28. The average molecular weight is 536 g/mol. The van der Waals surface area contributed by atoms with E-state index in [1.807, 2.05) is 36.1 Å². The number of likely N-dealkylation sites (tertiary alicyclic amines) is 1. The van der Waals surface area contributed by atoms with Crippen molar-refractivity contribution in [3.63, 3.8) is 0 Å². The Balaban J connectivity index is 0.00000300. The normalized spacial score (nSPS) is 21.6. The summed E-state index contributed by atoms with van der Waals surface area (Å²) in [6.07, 6.45) is 0.741. The Morgan fingerprint density at radius 3 is 2.72 bits per heavy atom. The minimum absolute atomic E-state index is 0. The number of guanidine groups is 1. The zero-order valence-electron chi connectivity index (χ0n) is 17.0. The number of anilines is 1. The maximum atomic E-state index is 12.8. The Morgan fingerprint density at radius 2 is 2.03 bits per heavy atom. The van der Waals surface area contributed by atoms with E-state index in [1.54, 1.807) is 7.05 Å². The molecule has 2 unspecified atom stereocenters. The van der Waals surface area contributed by atoms with Gasteiger partial charge in [0.2, 0.25) is 10.0 Å². The quantitative estimate of drug-likeness (QED) is 0.264. The lowest BCUT2D eigenvalue weighted by atomic mass is 9.99. The van der Waals surface area contributed by atoms with Gasteiger partial charge in [0.15, 0.2) is 5.96 Å². The van der Waals surface area contributed by atoms with E-state index in [4.69, 9.17) is 4.74 Å². The molecule has 1 aromatic carbocycles. The number of halogens is 1. The number of benzene rings is 1. The molecule has 2 atom stereocenters. The first-order valence-electron chi connectivity index (χ1n) is 9.49. The maximum Gasteiger partial charge on any atom is 0.310 e. The zero-order chi connectivity index (χ0) is 20.3. The molecular weight excluding hydrogens is 507 g/mol. The number of fused-ring (bicyclic) bond motifs is 1. The lowest BCUT2D eigenvalue weighted by Gasteiger charge is -2.23. The van der Waals surface area contributed by atoms with Crippen LogP contribution < -0.4 is 9.62 Å². The van der Waals surface area contributed by atoms with Crippen LogP contribution in [0.5, 0.6) is 0 Å². The molecule has 2 aliphatic rings. The first-order chi connectivity index (χ1) is 13.4. The number of ether oxygens (including phenoxy) is 1. The molecule has 2 aliphatic heterocycles. The summed E-state index contributed by atoms with van der Waals surface area (Å²) in [4.78, 5) is 18.1. The Hall–Kier alpha value is -1.56. The number of hydrogen-bond donors (Lipinski definition) is 1. The number of esters is 1. The molecule has 1 aromatic rings. The molecule has 8 nitrogen and oxygen atoms in total. The van der Waals surface area contributed by atoms with Gasteiger partial charge in [-0.1, -0.05) is 25.1 Å². The molecule has 0 saturated carbocycles. The fraction of sp³-hybridized carbons (Fsp3) is 0.579. The van der Waals surface area contributed by atoms with Crippen molar-refractivity contribution < 1.29 is 17.9 Å². The lowest BCUT2D eigenvalue weighted by molar-refractivity contribution is -0.145. The molecule has 1 fully saturated rings. The highest BCUT2D eigenvalue weighted by Crippen LogP contribution is 2.30. The van der Waals surface area contributed by atoms with E-state index in [0.29, 0.717) is 25.6 Å². The van der Waals surface area contributed by atoms with E-state index >= 15 is 0 Å². The predicted molar refractivity (Wildman–Crippen MR) is 124 cm³/mol. The zero-order valence-corrected chi connectivity index (χ0v) is 20.1. The number of nitrogens with zero attached hydrogens (tertiary/aromatic N) is 3. The van der Waals surface area contributed by atoms with E-state index in [1.165, 1.54) is 11.4 Å². The van der Waals surface area contributed by atoms with Gasteiger partial charge in [-0.15, -0.1) is 24.0 Å². The Kier molecular flexibility index (Phi) is 8.15. The number of aliphatic imine (C=N–C) groups is 1. The standard InChI is InChI=1S/C19H28N4O4S.HI/c1-14-12-22(13-16(14)18(24)27-3)19(20-2)21-9-11-28(25,26)23-10-8-15-6-4-5-7-17(15)23;/h4-7,14,16H,8-13H2,1-3H3,(H,20,21);1H. The van der Waals surface area contributed by atoms with Gasteiger partial charge in [0, 0.05) is 33.2 Å². The summed E-state index contributed by atoms with van der Waals surface area (Å²) in [6, 6.07) is 7.61. The van der Waals surface area contributed by atoms with Crippen LogP contribution in [0.4, 0.5) is 5.69 Å². The number of carbonyl (C=O) groups excluding carboxylic acids is 1. The van der Waals surface area contributed by atoms with Crippen LogP contribution in [0.1, 0.15) is 12.5 Å². The molecule has 0 bridgehead atoms. The van der Waals surface area contributed by atoms with E-state index in [-0.39, 0.29) is 54.1 Å². The predicted octanol–water partition coefficient (Wildman–Crippen LogP) is 1.31. The van der Waals surface area contributed by atoms with Crippen LogP contribution in [-0.2, 0) is 26.0 Å². The van der Waals surface area contributed by atoms with Crippen LogP contribution in [0.3, 0.4) is 0 Å². The van der Waals surface area contributed by atoms with Crippen molar-refractivity contribution in [3.8, 4) is 0 Å². The van der Waals surface area contributed by atoms with Gasteiger partial charge in [0.1, 0.15) is 0 Å². The van der Waals surface area contributed by atoms with Crippen LogP contribution in [0.15, 0.2) is 29.3 Å². The molecule has 162 valence electrons. The van der Waals surface area contributed by atoms with Crippen LogP contribution >= 0.6 is 24.0 Å². The number of sulfonamides is 1. The van der Waals surface area contributed by atoms with Crippen molar-refractivity contribution in [2.24, 2.45) is 16.8 Å². The van der Waals surface area contributed by atoms with Crippen molar-refractivity contribution >= 4 is 51.6 Å². The minimum atomic E-state index is -3.42. The van der Waals surface area contributed by atoms with Crippen molar-refractivity contribution in [2.75, 3.05) is 50.4 Å². The van der Waals surface area contributed by atoms with Gasteiger partial charge in [0.05, 0.1) is 24.5 Å². The van der Waals surface area contributed by atoms with Gasteiger partial charge in [-0.25, -0.2) is 8.42 Å². The fourth-order valence-electron chi connectivity index (χ4n) is 3.93. The van der Waals surface area contributed by atoms with Crippen LogP contribution in [-0.4, -0.2) is 71.3 Å². The van der Waals surface area contributed by atoms with E-state index in [2.05, 4.69) is 10.3 Å². The molecule has 1 saturated heterocycles. The highest BCUT2D eigenvalue weighted by atomic mass is 127. The summed E-state index contributed by atoms with van der Waals surface area (Å²) in [7, 11) is -0.365. The molecular formula is C19H29IN4O4S. The van der Waals surface area contributed by atoms with Crippen LogP contribution in [0, 0.1) is 11.8 Å². The van der Waals surface area contributed by atoms with Gasteiger partial charge in [-0.2, -0.15) is 0 Å². The van der Waals surface area contributed by atoms with Crippen LogP contribution in [0.25, 0.3) is 0 Å². The molecule has 2 heterocycles. The first kappa shape index (κ1) is 23.7. The van der Waals surface area contributed by atoms with Gasteiger partial charge < -0.3 is 15.0 Å². The Morgan fingerprint density at radius 1 is 1.31 bits per heavy atom. The van der Waals surface area contributed by atoms with Gasteiger partial charge in [-0.3, -0.25) is 14.1 Å². The lowest BCUT2D eigenvalue weighted by Crippen LogP contribution is -2.43. The summed E-state index contributed by atoms with van der Waals surface area (Å²) >= 11 is 0. The SMILES string of the molecule is CN=C(NCCS(=O)(=O)N1CCc2ccccc21)N1CC(C)C(C(=O)OC)C1.I. The maximum absolute atomic E-state index is 12.8. The summed E-state index contributed by atoms with van der Waals surface area (Å²) in [5.41, 5.74) is 1.84. The number of para-hydroxylation sites is 1. The molecule has 0 amide bonds. The third kappa shape index (κ3) is 5.14. The van der Waals surface area contributed by atoms with Crippen molar-refractivity contribution in [1.29, 1.82) is 0 Å². The Bertz CT molecular complexity index is 862. The van der Waals surface area contributed by atoms with Crippen molar-refractivity contribution in [1.82, 2.24) is 10.2 Å². The van der Waals surface area contributed by atoms with Gasteiger partial charge in [-0.05, 0) is 24.0 Å². The monoisotopic (exact) mass is 536 g/mol. The molecule has 10 heteroatoms. The minimum Gasteiger partial charge on any atom is -0.469 e. The van der Waals surface area contributed by atoms with Gasteiger partial charge >= 0.3 is 5.97 Å². The number of hydrogen-bond acceptors (Lipinski definition) is 5. The Labute approximate surface area is 189 Å². The molecule has 3 rings (SSSR count). The van der Waals surface area contributed by atoms with Crippen molar-refractivity contribution in [3.05, 3.63) is 29.8 Å². The number of carbonyl (C=O) groups is 1. The number of methoxy groups -OCH3 is 1. The highest BCUT2D eigenvalue weighted by molar-refractivity contribution is 14.0. The molecule has 0 radical (unpaired) electrons. The van der Waals surface area contributed by atoms with Crippen LogP contribution in [0.2, 0.25) is 0 Å². The second kappa shape index (κ2) is 9.96. The smallest absolute Gasteiger partial charge is 0.310 e. The molecule has 29 heavy (non-hydrogen) atoms. The fourth-order valence-corrected chi connectivity index (χ4v) is 5.36. The molecule has 1 N–H and O–H groups in total. The van der Waals surface area contributed by atoms with E-state index in [0.717, 1.165) is 17.7 Å². The third-order valence-electron chi connectivity index (χ3n) is 5.45. The summed E-state index contributed by atoms with van der Waals surface area (Å²) in [6.45, 7) is 3.93. The topological polar surface area (TPSA) is 91.3 Å². The molecule has 0 spiro atoms. The highest BCUT2D eigenvalue weighted by Gasteiger charge is 2.37. The number of rotatable bonds is 5. The van der Waals surface area contributed by atoms with E-state index < -0.39 is 10.0 Å². The first-order valence-corrected chi connectivity index (χ1v) is 11.1. The molecule has 0 aliphatic carbocycles. The second-order valence-corrected chi connectivity index (χ2v) is 9.27. The van der Waals surface area contributed by atoms with Gasteiger partial charge in [0.25, 0.3) is 0 Å². The largest absolute Gasteiger partial charge is 0.469 e. The summed E-state index contributed by atoms with van der Waals surface area (Å²) in [5, 5.41) is 3.13. The summed E-state index contributed by atoms with van der Waals surface area (Å²) < 4.78 is 31.9. The molecule has 0 aromatic heterocycles. The second-order valence-electron chi connectivity index (χ2n) is 7.25. The van der Waals surface area contributed by atoms with E-state index in [9.17, 15) is 13.2 Å². The number of nitrogens with one attached hydrogen (secondary N) is 1. The summed E-state index contributed by atoms with van der Waals surface area (Å²) in [5.74, 6) is 0.310.